The second-order valence-electron chi connectivity index (χ2n) is 13.6. The standard InChI is InChI=1S/C50H30N4O/c1-52-34-21-25-38(26-22-34)54(36-13-6-3-7-14-36)47-31-45-43-17-10-18-48-50(43)46(30-44(45)40-15-8-9-16-41(40)47)42-28-27-39(29-49(42)55-48)53(35-11-4-2-5-12-35)37-23-19-33(32-51)20-24-37/h2-31H. The van der Waals surface area contributed by atoms with Crippen molar-refractivity contribution in [3.8, 4) is 28.7 Å². The molecule has 256 valence electrons. The third-order valence-corrected chi connectivity index (χ3v) is 10.4. The van der Waals surface area contributed by atoms with Gasteiger partial charge in [-0.05, 0) is 118 Å². The van der Waals surface area contributed by atoms with Crippen LogP contribution < -0.4 is 14.5 Å². The number of nitrogens with zero attached hydrogens (tertiary/aromatic N) is 4. The molecule has 9 aromatic carbocycles. The summed E-state index contributed by atoms with van der Waals surface area (Å²) in [5.74, 6) is 1.60. The van der Waals surface area contributed by atoms with Crippen molar-refractivity contribution < 1.29 is 4.74 Å². The van der Waals surface area contributed by atoms with Gasteiger partial charge in [0.25, 0.3) is 0 Å². The second-order valence-corrected chi connectivity index (χ2v) is 13.6. The van der Waals surface area contributed by atoms with E-state index in [4.69, 9.17) is 11.3 Å². The molecule has 0 saturated heterocycles. The highest BCUT2D eigenvalue weighted by Crippen LogP contribution is 2.52. The molecule has 5 nitrogen and oxygen atoms in total. The van der Waals surface area contributed by atoms with E-state index in [1.54, 1.807) is 0 Å². The summed E-state index contributed by atoms with van der Waals surface area (Å²) in [6.07, 6.45) is 0. The lowest BCUT2D eigenvalue weighted by Crippen LogP contribution is -2.11. The van der Waals surface area contributed by atoms with E-state index >= 15 is 0 Å². The molecule has 5 heteroatoms. The largest absolute Gasteiger partial charge is 0.456 e. The quantitative estimate of drug-likeness (QED) is 0.128. The van der Waals surface area contributed by atoms with Crippen molar-refractivity contribution >= 4 is 72.1 Å². The van der Waals surface area contributed by atoms with Crippen LogP contribution in [-0.2, 0) is 0 Å². The Morgan fingerprint density at radius 2 is 1.04 bits per heavy atom. The van der Waals surface area contributed by atoms with Crippen LogP contribution in [0.1, 0.15) is 5.56 Å². The minimum atomic E-state index is 0.607. The number of rotatable bonds is 6. The third kappa shape index (κ3) is 5.31. The molecule has 0 unspecified atom stereocenters. The van der Waals surface area contributed by atoms with Gasteiger partial charge in [0, 0.05) is 50.8 Å². The number of para-hydroxylation sites is 2. The van der Waals surface area contributed by atoms with E-state index in [0.717, 1.165) is 89.1 Å². The monoisotopic (exact) mass is 702 g/mol. The molecule has 0 N–H and O–H groups in total. The molecule has 1 heterocycles. The summed E-state index contributed by atoms with van der Waals surface area (Å²) in [7, 11) is 0. The van der Waals surface area contributed by atoms with Gasteiger partial charge in [-0.1, -0.05) is 84.9 Å². The molecule has 0 spiro atoms. The van der Waals surface area contributed by atoms with Crippen LogP contribution in [0.4, 0.5) is 39.8 Å². The minimum absolute atomic E-state index is 0.607. The third-order valence-electron chi connectivity index (χ3n) is 10.4. The lowest BCUT2D eigenvalue weighted by Gasteiger charge is -2.29. The lowest BCUT2D eigenvalue weighted by atomic mass is 9.88. The smallest absolute Gasteiger partial charge is 0.187 e. The molecule has 0 bridgehead atoms. The summed E-state index contributed by atoms with van der Waals surface area (Å²) in [4.78, 5) is 8.11. The number of hydrogen-bond donors (Lipinski definition) is 0. The highest BCUT2D eigenvalue weighted by Gasteiger charge is 2.26. The molecule has 0 aromatic heterocycles. The molecule has 55 heavy (non-hydrogen) atoms. The molecule has 1 aliphatic heterocycles. The van der Waals surface area contributed by atoms with Gasteiger partial charge in [-0.2, -0.15) is 5.26 Å². The first-order valence-electron chi connectivity index (χ1n) is 18.1. The minimum Gasteiger partial charge on any atom is -0.456 e. The van der Waals surface area contributed by atoms with Gasteiger partial charge in [-0.15, -0.1) is 0 Å². The second kappa shape index (κ2) is 13.0. The Kier molecular flexibility index (Phi) is 7.51. The first-order valence-corrected chi connectivity index (χ1v) is 18.1. The molecule has 0 aliphatic carbocycles. The SMILES string of the molecule is [C-]#[N+]c1ccc(N(c2ccccc2)c2cc3c4cccc5c4c(cc3c3ccccc23)-c2ccc(N(c3ccccc3)c3ccc(C#N)cc3)cc2O5)cc1. The maximum absolute atomic E-state index is 9.46. The number of hydrogen-bond acceptors (Lipinski definition) is 4. The van der Waals surface area contributed by atoms with Gasteiger partial charge in [0.05, 0.1) is 23.9 Å². The van der Waals surface area contributed by atoms with Crippen molar-refractivity contribution in [2.75, 3.05) is 9.80 Å². The Balaban J connectivity index is 1.18. The van der Waals surface area contributed by atoms with E-state index in [-0.39, 0.29) is 0 Å². The van der Waals surface area contributed by atoms with Crippen molar-refractivity contribution in [1.29, 1.82) is 5.26 Å². The number of ether oxygens (including phenoxy) is 1. The summed E-state index contributed by atoms with van der Waals surface area (Å²) in [6.45, 7) is 7.53. The first-order chi connectivity index (χ1) is 27.2. The van der Waals surface area contributed by atoms with Crippen LogP contribution in [-0.4, -0.2) is 0 Å². The highest BCUT2D eigenvalue weighted by atomic mass is 16.5. The first kappa shape index (κ1) is 31.8. The Morgan fingerprint density at radius 3 is 1.75 bits per heavy atom. The van der Waals surface area contributed by atoms with Crippen molar-refractivity contribution in [2.45, 2.75) is 0 Å². The predicted octanol–water partition coefficient (Wildman–Crippen LogP) is 14.3. The normalized spacial score (nSPS) is 11.4. The van der Waals surface area contributed by atoms with E-state index in [1.165, 1.54) is 0 Å². The Labute approximate surface area is 318 Å². The number of fused-ring (bicyclic) bond motifs is 6. The van der Waals surface area contributed by atoms with Crippen LogP contribution in [0.15, 0.2) is 182 Å². The number of nitriles is 1. The maximum atomic E-state index is 9.46. The molecular formula is C50H30N4O. The van der Waals surface area contributed by atoms with Gasteiger partial charge in [0.15, 0.2) is 5.69 Å². The van der Waals surface area contributed by atoms with Crippen LogP contribution in [0.3, 0.4) is 0 Å². The van der Waals surface area contributed by atoms with Crippen molar-refractivity contribution in [3.63, 3.8) is 0 Å². The summed E-state index contributed by atoms with van der Waals surface area (Å²) < 4.78 is 6.82. The van der Waals surface area contributed by atoms with E-state index in [1.807, 2.05) is 72.8 Å². The highest BCUT2D eigenvalue weighted by molar-refractivity contribution is 6.25. The Hall–Kier alpha value is -7.86. The molecule has 9 aromatic rings. The van der Waals surface area contributed by atoms with Crippen LogP contribution in [0.5, 0.6) is 11.5 Å². The molecule has 0 radical (unpaired) electrons. The van der Waals surface area contributed by atoms with Gasteiger partial charge >= 0.3 is 0 Å². The van der Waals surface area contributed by atoms with Crippen LogP contribution in [0, 0.1) is 17.9 Å². The summed E-state index contributed by atoms with van der Waals surface area (Å²) in [5, 5.41) is 16.2. The number of anilines is 6. The molecule has 0 fully saturated rings. The zero-order valence-electron chi connectivity index (χ0n) is 29.5. The van der Waals surface area contributed by atoms with Gasteiger partial charge in [0.2, 0.25) is 0 Å². The van der Waals surface area contributed by atoms with E-state index in [9.17, 15) is 5.26 Å². The molecular weight excluding hydrogens is 673 g/mol. The topological polar surface area (TPSA) is 43.9 Å². The zero-order chi connectivity index (χ0) is 36.9. The number of benzene rings is 9. The average molecular weight is 703 g/mol. The van der Waals surface area contributed by atoms with Gasteiger partial charge in [-0.3, -0.25) is 0 Å². The fourth-order valence-electron chi connectivity index (χ4n) is 7.95. The molecule has 0 amide bonds. The summed E-state index contributed by atoms with van der Waals surface area (Å²) >= 11 is 0. The maximum Gasteiger partial charge on any atom is 0.187 e. The molecule has 1 aliphatic rings. The van der Waals surface area contributed by atoms with Gasteiger partial charge < -0.3 is 14.5 Å². The Bertz CT molecular complexity index is 3020. The van der Waals surface area contributed by atoms with Crippen molar-refractivity contribution in [2.24, 2.45) is 0 Å². The van der Waals surface area contributed by atoms with Crippen molar-refractivity contribution in [1.82, 2.24) is 0 Å². The molecule has 0 saturated carbocycles. The van der Waals surface area contributed by atoms with E-state index in [2.05, 4.69) is 130 Å². The average Bonchev–Trinajstić information content (AvgIpc) is 3.25. The van der Waals surface area contributed by atoms with Crippen LogP contribution >= 0.6 is 0 Å². The summed E-state index contributed by atoms with van der Waals surface area (Å²) in [6, 6.07) is 64.4. The van der Waals surface area contributed by atoms with Crippen LogP contribution in [0.2, 0.25) is 0 Å². The Morgan fingerprint density at radius 1 is 0.455 bits per heavy atom. The summed E-state index contributed by atoms with van der Waals surface area (Å²) in [5.41, 5.74) is 9.34. The molecule has 0 atom stereocenters. The molecule has 10 rings (SSSR count). The van der Waals surface area contributed by atoms with E-state index in [0.29, 0.717) is 11.3 Å². The lowest BCUT2D eigenvalue weighted by molar-refractivity contribution is 0.487. The fourth-order valence-corrected chi connectivity index (χ4v) is 7.95. The van der Waals surface area contributed by atoms with Crippen molar-refractivity contribution in [3.05, 3.63) is 199 Å². The van der Waals surface area contributed by atoms with Crippen LogP contribution in [0.25, 0.3) is 48.3 Å². The van der Waals surface area contributed by atoms with Gasteiger partial charge in [-0.25, -0.2) is 4.85 Å². The fraction of sp³-hybridized carbons (Fsp3) is 0. The zero-order valence-corrected chi connectivity index (χ0v) is 29.5. The predicted molar refractivity (Wildman–Crippen MR) is 225 cm³/mol. The van der Waals surface area contributed by atoms with Gasteiger partial charge in [0.1, 0.15) is 11.5 Å². The van der Waals surface area contributed by atoms with E-state index < -0.39 is 0 Å².